The molecule has 1 saturated heterocycles. The number of likely N-dealkylation sites (N-methyl/N-ethyl adjacent to an activating group) is 1. The van der Waals surface area contributed by atoms with Gasteiger partial charge in [0.1, 0.15) is 5.76 Å². The molecule has 2 rings (SSSR count). The van der Waals surface area contributed by atoms with Crippen molar-refractivity contribution in [3.05, 3.63) is 24.2 Å². The zero-order valence-electron chi connectivity index (χ0n) is 11.2. The van der Waals surface area contributed by atoms with Crippen LogP contribution in [0.15, 0.2) is 22.8 Å². The highest BCUT2D eigenvalue weighted by Crippen LogP contribution is 2.36. The molecule has 102 valence electrons. The Labute approximate surface area is 119 Å². The lowest BCUT2D eigenvalue weighted by Crippen LogP contribution is -2.46. The Bertz CT molecular complexity index is 329. The Balaban J connectivity index is 2.02. The van der Waals surface area contributed by atoms with Crippen LogP contribution in [0.2, 0.25) is 0 Å². The first kappa shape index (κ1) is 14.4. The normalized spacial score (nSPS) is 26.1. The van der Waals surface area contributed by atoms with Crippen LogP contribution in [-0.2, 0) is 6.42 Å². The fourth-order valence-electron chi connectivity index (χ4n) is 2.52. The molecular formula is C14H23NOS2. The number of rotatable bonds is 6. The molecule has 1 aliphatic heterocycles. The van der Waals surface area contributed by atoms with E-state index >= 15 is 0 Å². The molecule has 0 aromatic carbocycles. The van der Waals surface area contributed by atoms with Crippen LogP contribution in [0.1, 0.15) is 26.0 Å². The molecule has 18 heavy (non-hydrogen) atoms. The van der Waals surface area contributed by atoms with Gasteiger partial charge in [-0.05, 0) is 25.1 Å². The van der Waals surface area contributed by atoms with E-state index < -0.39 is 0 Å². The predicted molar refractivity (Wildman–Crippen MR) is 82.7 cm³/mol. The van der Waals surface area contributed by atoms with Crippen LogP contribution in [0.4, 0.5) is 0 Å². The summed E-state index contributed by atoms with van der Waals surface area (Å²) in [5, 5.41) is 5.15. The van der Waals surface area contributed by atoms with Gasteiger partial charge in [-0.1, -0.05) is 13.8 Å². The molecule has 1 aromatic heterocycles. The van der Waals surface area contributed by atoms with Crippen molar-refractivity contribution < 1.29 is 4.42 Å². The summed E-state index contributed by atoms with van der Waals surface area (Å²) in [5.74, 6) is 3.69. The molecule has 3 unspecified atom stereocenters. The minimum absolute atomic E-state index is 0.531. The molecule has 4 heteroatoms. The van der Waals surface area contributed by atoms with Gasteiger partial charge >= 0.3 is 0 Å². The molecule has 0 amide bonds. The van der Waals surface area contributed by atoms with Crippen molar-refractivity contribution in [1.29, 1.82) is 0 Å². The van der Waals surface area contributed by atoms with E-state index in [1.54, 1.807) is 6.26 Å². The second kappa shape index (κ2) is 7.51. The molecule has 0 spiro atoms. The summed E-state index contributed by atoms with van der Waals surface area (Å²) in [7, 11) is 0. The minimum Gasteiger partial charge on any atom is -0.469 e. The first-order valence-corrected chi connectivity index (χ1v) is 8.93. The molecule has 1 aliphatic rings. The molecule has 2 heterocycles. The molecular weight excluding hydrogens is 262 g/mol. The highest BCUT2D eigenvalue weighted by atomic mass is 32.2. The van der Waals surface area contributed by atoms with Gasteiger partial charge < -0.3 is 9.73 Å². The standard InChI is InChI=1S/C14H23NOS2/c1-3-13-14(18-9-8-17-13)12(15-4-2)10-11-6-5-7-16-11/h5-7,12-15H,3-4,8-10H2,1-2H3. The van der Waals surface area contributed by atoms with Crippen molar-refractivity contribution in [2.24, 2.45) is 0 Å². The zero-order valence-corrected chi connectivity index (χ0v) is 12.9. The summed E-state index contributed by atoms with van der Waals surface area (Å²) in [4.78, 5) is 0. The van der Waals surface area contributed by atoms with Crippen LogP contribution in [0.3, 0.4) is 0 Å². The SMILES string of the molecule is CCNC(Cc1ccco1)C1SCCSC1CC. The van der Waals surface area contributed by atoms with Crippen LogP contribution in [-0.4, -0.2) is 34.6 Å². The van der Waals surface area contributed by atoms with Crippen molar-refractivity contribution in [2.75, 3.05) is 18.1 Å². The lowest BCUT2D eigenvalue weighted by molar-refractivity contribution is 0.431. The van der Waals surface area contributed by atoms with Crippen molar-refractivity contribution in [1.82, 2.24) is 5.32 Å². The molecule has 0 bridgehead atoms. The average Bonchev–Trinajstić information content (AvgIpc) is 2.91. The summed E-state index contributed by atoms with van der Waals surface area (Å²) in [6.45, 7) is 5.53. The number of thioether (sulfide) groups is 2. The van der Waals surface area contributed by atoms with Crippen LogP contribution < -0.4 is 5.32 Å². The fourth-order valence-corrected chi connectivity index (χ4v) is 5.79. The van der Waals surface area contributed by atoms with Crippen molar-refractivity contribution >= 4 is 23.5 Å². The largest absolute Gasteiger partial charge is 0.469 e. The van der Waals surface area contributed by atoms with Crippen LogP contribution in [0.25, 0.3) is 0 Å². The van der Waals surface area contributed by atoms with Gasteiger partial charge in [-0.15, -0.1) is 0 Å². The van der Waals surface area contributed by atoms with Gasteiger partial charge in [0, 0.05) is 34.5 Å². The van der Waals surface area contributed by atoms with E-state index in [4.69, 9.17) is 4.42 Å². The van der Waals surface area contributed by atoms with Crippen molar-refractivity contribution in [2.45, 2.75) is 43.2 Å². The Morgan fingerprint density at radius 3 is 2.89 bits per heavy atom. The topological polar surface area (TPSA) is 25.2 Å². The molecule has 0 saturated carbocycles. The lowest BCUT2D eigenvalue weighted by Gasteiger charge is -2.36. The van der Waals surface area contributed by atoms with Crippen LogP contribution in [0, 0.1) is 0 Å². The van der Waals surface area contributed by atoms with Gasteiger partial charge in [0.25, 0.3) is 0 Å². The van der Waals surface area contributed by atoms with Gasteiger partial charge in [-0.25, -0.2) is 0 Å². The molecule has 0 radical (unpaired) electrons. The quantitative estimate of drug-likeness (QED) is 0.866. The van der Waals surface area contributed by atoms with E-state index in [0.29, 0.717) is 11.3 Å². The first-order valence-electron chi connectivity index (χ1n) is 6.84. The number of hydrogen-bond acceptors (Lipinski definition) is 4. The van der Waals surface area contributed by atoms with E-state index in [1.807, 2.05) is 6.07 Å². The van der Waals surface area contributed by atoms with Gasteiger partial charge in [0.15, 0.2) is 0 Å². The van der Waals surface area contributed by atoms with Gasteiger partial charge in [-0.3, -0.25) is 0 Å². The Kier molecular flexibility index (Phi) is 5.99. The van der Waals surface area contributed by atoms with Gasteiger partial charge in [-0.2, -0.15) is 23.5 Å². The highest BCUT2D eigenvalue weighted by Gasteiger charge is 2.32. The third-order valence-corrected chi connectivity index (χ3v) is 6.77. The molecule has 0 aliphatic carbocycles. The molecule has 1 N–H and O–H groups in total. The van der Waals surface area contributed by atoms with Crippen LogP contribution >= 0.6 is 23.5 Å². The van der Waals surface area contributed by atoms with E-state index in [2.05, 4.69) is 48.8 Å². The zero-order chi connectivity index (χ0) is 12.8. The van der Waals surface area contributed by atoms with E-state index in [0.717, 1.165) is 24.0 Å². The monoisotopic (exact) mass is 285 g/mol. The van der Waals surface area contributed by atoms with Gasteiger partial charge in [0.2, 0.25) is 0 Å². The minimum atomic E-state index is 0.531. The van der Waals surface area contributed by atoms with Crippen molar-refractivity contribution in [3.63, 3.8) is 0 Å². The van der Waals surface area contributed by atoms with Gasteiger partial charge in [0.05, 0.1) is 6.26 Å². The highest BCUT2D eigenvalue weighted by molar-refractivity contribution is 8.07. The summed E-state index contributed by atoms with van der Waals surface area (Å²) in [6, 6.07) is 4.61. The second-order valence-corrected chi connectivity index (χ2v) is 7.23. The van der Waals surface area contributed by atoms with E-state index in [-0.39, 0.29) is 0 Å². The summed E-state index contributed by atoms with van der Waals surface area (Å²) >= 11 is 4.29. The fraction of sp³-hybridized carbons (Fsp3) is 0.714. The number of nitrogens with one attached hydrogen (secondary N) is 1. The second-order valence-electron chi connectivity index (χ2n) is 4.60. The predicted octanol–water partition coefficient (Wildman–Crippen LogP) is 3.43. The summed E-state index contributed by atoms with van der Waals surface area (Å²) < 4.78 is 5.51. The maximum Gasteiger partial charge on any atom is 0.105 e. The molecule has 2 nitrogen and oxygen atoms in total. The molecule has 1 aromatic rings. The lowest BCUT2D eigenvalue weighted by atomic mass is 10.0. The maximum absolute atomic E-state index is 5.51. The number of furan rings is 1. The van der Waals surface area contributed by atoms with Crippen molar-refractivity contribution in [3.8, 4) is 0 Å². The first-order chi connectivity index (χ1) is 8.85. The van der Waals surface area contributed by atoms with E-state index in [1.165, 1.54) is 17.9 Å². The Morgan fingerprint density at radius 1 is 1.39 bits per heavy atom. The Hall–Kier alpha value is -0.0600. The maximum atomic E-state index is 5.51. The summed E-state index contributed by atoms with van der Waals surface area (Å²) in [6.07, 6.45) is 4.05. The third-order valence-electron chi connectivity index (χ3n) is 3.36. The third kappa shape index (κ3) is 3.72. The summed E-state index contributed by atoms with van der Waals surface area (Å²) in [5.41, 5.74) is 0. The van der Waals surface area contributed by atoms with Crippen LogP contribution in [0.5, 0.6) is 0 Å². The Morgan fingerprint density at radius 2 is 2.22 bits per heavy atom. The smallest absolute Gasteiger partial charge is 0.105 e. The average molecular weight is 285 g/mol. The molecule has 1 fully saturated rings. The molecule has 3 atom stereocenters. The number of hydrogen-bond donors (Lipinski definition) is 1. The van der Waals surface area contributed by atoms with E-state index in [9.17, 15) is 0 Å².